The molecule has 3 aliphatic heterocycles. The number of hydrogen-bond acceptors (Lipinski definition) is 3. The van der Waals surface area contributed by atoms with E-state index >= 15 is 0 Å². The topological polar surface area (TPSA) is 27.3 Å². The van der Waals surface area contributed by atoms with Crippen molar-refractivity contribution in [3.05, 3.63) is 57.1 Å². The van der Waals surface area contributed by atoms with Gasteiger partial charge >= 0.3 is 0 Å². The molecule has 0 unspecified atom stereocenters. The average Bonchev–Trinajstić information content (AvgIpc) is 3.12. The molecule has 3 heterocycles. The quantitative estimate of drug-likeness (QED) is 0.800. The van der Waals surface area contributed by atoms with E-state index in [1.807, 2.05) is 18.2 Å². The first-order valence-electron chi connectivity index (χ1n) is 9.50. The second-order valence-corrected chi connectivity index (χ2v) is 8.50. The van der Waals surface area contributed by atoms with E-state index in [0.717, 1.165) is 24.6 Å². The molecular formula is C21H23Cl2N3. The number of halogens is 2. The zero-order valence-electron chi connectivity index (χ0n) is 14.7. The minimum Gasteiger partial charge on any atom is -0.381 e. The molecule has 5 heteroatoms. The highest BCUT2D eigenvalue weighted by molar-refractivity contribution is 6.42. The van der Waals surface area contributed by atoms with E-state index in [2.05, 4.69) is 27.7 Å². The van der Waals surface area contributed by atoms with Crippen molar-refractivity contribution in [2.45, 2.75) is 25.3 Å². The summed E-state index contributed by atoms with van der Waals surface area (Å²) in [6.45, 7) is 5.35. The molecule has 2 aromatic carbocycles. The molecule has 26 heavy (non-hydrogen) atoms. The maximum Gasteiger partial charge on any atom is 0.0642 e. The minimum absolute atomic E-state index is 0.613. The summed E-state index contributed by atoms with van der Waals surface area (Å²) in [7, 11) is 0. The Bertz CT molecular complexity index is 851. The van der Waals surface area contributed by atoms with Gasteiger partial charge in [-0.15, -0.1) is 0 Å². The summed E-state index contributed by atoms with van der Waals surface area (Å²) in [5.74, 6) is 1.39. The Morgan fingerprint density at radius 1 is 1.19 bits per heavy atom. The molecule has 0 aliphatic carbocycles. The Balaban J connectivity index is 1.47. The van der Waals surface area contributed by atoms with Crippen LogP contribution in [0.2, 0.25) is 10.0 Å². The van der Waals surface area contributed by atoms with Crippen molar-refractivity contribution in [3.8, 4) is 0 Å². The van der Waals surface area contributed by atoms with Gasteiger partial charge in [0, 0.05) is 50.0 Å². The number of fused-ring (bicyclic) bond motifs is 2. The van der Waals surface area contributed by atoms with Crippen LogP contribution in [0.4, 0.5) is 11.4 Å². The molecule has 5 rings (SSSR count). The first-order valence-corrected chi connectivity index (χ1v) is 10.3. The highest BCUT2D eigenvalue weighted by atomic mass is 35.5. The lowest BCUT2D eigenvalue weighted by molar-refractivity contribution is 0.470. The number of benzene rings is 2. The van der Waals surface area contributed by atoms with Crippen molar-refractivity contribution in [1.82, 2.24) is 5.32 Å². The molecule has 0 amide bonds. The van der Waals surface area contributed by atoms with Crippen LogP contribution in [0.5, 0.6) is 0 Å². The van der Waals surface area contributed by atoms with Gasteiger partial charge in [0.2, 0.25) is 0 Å². The maximum absolute atomic E-state index is 6.35. The number of nitrogens with zero attached hydrogens (tertiary/aromatic N) is 1. The van der Waals surface area contributed by atoms with Gasteiger partial charge in [-0.25, -0.2) is 0 Å². The summed E-state index contributed by atoms with van der Waals surface area (Å²) in [6, 6.07) is 10.5. The maximum atomic E-state index is 6.35. The van der Waals surface area contributed by atoms with Crippen molar-refractivity contribution in [1.29, 1.82) is 0 Å². The molecule has 0 radical (unpaired) electrons. The number of anilines is 2. The van der Waals surface area contributed by atoms with Crippen LogP contribution >= 0.6 is 23.2 Å². The molecule has 3 nitrogen and oxygen atoms in total. The Kier molecular flexibility index (Phi) is 4.27. The number of rotatable bonds is 3. The van der Waals surface area contributed by atoms with Gasteiger partial charge in [-0.05, 0) is 53.6 Å². The zero-order valence-corrected chi connectivity index (χ0v) is 16.2. The average molecular weight is 388 g/mol. The van der Waals surface area contributed by atoms with E-state index in [-0.39, 0.29) is 0 Å². The van der Waals surface area contributed by atoms with Crippen molar-refractivity contribution >= 4 is 34.6 Å². The monoisotopic (exact) mass is 387 g/mol. The summed E-state index contributed by atoms with van der Waals surface area (Å²) in [6.07, 6.45) is 2.43. The summed E-state index contributed by atoms with van der Waals surface area (Å²) in [5, 5.41) is 8.45. The summed E-state index contributed by atoms with van der Waals surface area (Å²) in [4.78, 5) is 2.62. The Morgan fingerprint density at radius 2 is 2.12 bits per heavy atom. The first-order chi connectivity index (χ1) is 12.7. The molecular weight excluding hydrogens is 365 g/mol. The molecule has 0 bridgehead atoms. The third kappa shape index (κ3) is 2.77. The van der Waals surface area contributed by atoms with Crippen molar-refractivity contribution in [3.63, 3.8) is 0 Å². The molecule has 136 valence electrons. The van der Waals surface area contributed by atoms with Gasteiger partial charge in [0.25, 0.3) is 0 Å². The van der Waals surface area contributed by atoms with E-state index in [9.17, 15) is 0 Å². The molecule has 1 fully saturated rings. The molecule has 2 aromatic rings. The van der Waals surface area contributed by atoms with Gasteiger partial charge in [0.05, 0.1) is 10.0 Å². The first kappa shape index (κ1) is 16.7. The predicted octanol–water partition coefficient (Wildman–Crippen LogP) is 4.67. The van der Waals surface area contributed by atoms with Gasteiger partial charge < -0.3 is 15.5 Å². The van der Waals surface area contributed by atoms with E-state index in [1.54, 1.807) is 0 Å². The fraction of sp³-hybridized carbons (Fsp3) is 0.429. The molecule has 2 N–H and O–H groups in total. The summed E-state index contributed by atoms with van der Waals surface area (Å²) < 4.78 is 0. The third-order valence-corrected chi connectivity index (χ3v) is 6.98. The van der Waals surface area contributed by atoms with Gasteiger partial charge in [0.15, 0.2) is 0 Å². The Labute approximate surface area is 164 Å². The van der Waals surface area contributed by atoms with Crippen LogP contribution < -0.4 is 15.5 Å². The van der Waals surface area contributed by atoms with Crippen LogP contribution in [-0.2, 0) is 13.0 Å². The van der Waals surface area contributed by atoms with Crippen molar-refractivity contribution in [2.75, 3.05) is 36.4 Å². The second-order valence-electron chi connectivity index (χ2n) is 7.71. The summed E-state index contributed by atoms with van der Waals surface area (Å²) >= 11 is 12.5. The highest BCUT2D eigenvalue weighted by Crippen LogP contribution is 2.45. The van der Waals surface area contributed by atoms with E-state index < -0.39 is 0 Å². The standard InChI is InChI=1S/C21H23Cl2N3/c22-19-5-1-3-14(20(19)23)10-25-16-7-13-4-2-6-26-12-15-9-24-11-18(15)17(8-16)21(13)26/h1,3,5,7-8,15,18,24-25H,2,4,6,9-12H2/t15-,18-/m1/s1. The van der Waals surface area contributed by atoms with Crippen LogP contribution in [0.15, 0.2) is 30.3 Å². The van der Waals surface area contributed by atoms with Gasteiger partial charge in [0.1, 0.15) is 0 Å². The Hall–Kier alpha value is -1.42. The molecule has 3 aliphatic rings. The molecule has 0 spiro atoms. The SMILES string of the molecule is Clc1cccc(CNc2cc3c4c(c2)[C@@H]2CNC[C@@H]2CN4CCC3)c1Cl. The lowest BCUT2D eigenvalue weighted by atomic mass is 9.80. The fourth-order valence-electron chi connectivity index (χ4n) is 4.89. The number of aryl methyl sites for hydroxylation is 1. The van der Waals surface area contributed by atoms with E-state index in [4.69, 9.17) is 23.2 Å². The lowest BCUT2D eigenvalue weighted by Crippen LogP contribution is -2.41. The van der Waals surface area contributed by atoms with Crippen LogP contribution in [0.1, 0.15) is 29.0 Å². The lowest BCUT2D eigenvalue weighted by Gasteiger charge is -2.42. The van der Waals surface area contributed by atoms with Gasteiger partial charge in [-0.3, -0.25) is 0 Å². The second kappa shape index (κ2) is 6.63. The highest BCUT2D eigenvalue weighted by Gasteiger charge is 2.38. The Morgan fingerprint density at radius 3 is 3.04 bits per heavy atom. The summed E-state index contributed by atoms with van der Waals surface area (Å²) in [5.41, 5.74) is 6.78. The van der Waals surface area contributed by atoms with Crippen LogP contribution in [0.3, 0.4) is 0 Å². The van der Waals surface area contributed by atoms with Crippen molar-refractivity contribution in [2.24, 2.45) is 5.92 Å². The normalized spacial score (nSPS) is 23.5. The van der Waals surface area contributed by atoms with Gasteiger partial charge in [-0.2, -0.15) is 0 Å². The van der Waals surface area contributed by atoms with Crippen LogP contribution in [0.25, 0.3) is 0 Å². The molecule has 0 saturated carbocycles. The number of hydrogen-bond donors (Lipinski definition) is 2. The fourth-order valence-corrected chi connectivity index (χ4v) is 5.28. The van der Waals surface area contributed by atoms with Gasteiger partial charge in [-0.1, -0.05) is 35.3 Å². The number of nitrogens with one attached hydrogen (secondary N) is 2. The van der Waals surface area contributed by atoms with Crippen LogP contribution in [0, 0.1) is 5.92 Å². The van der Waals surface area contributed by atoms with Crippen molar-refractivity contribution < 1.29 is 0 Å². The van der Waals surface area contributed by atoms with E-state index in [1.165, 1.54) is 48.4 Å². The van der Waals surface area contributed by atoms with Crippen LogP contribution in [-0.4, -0.2) is 26.2 Å². The zero-order chi connectivity index (χ0) is 17.7. The molecule has 2 atom stereocenters. The third-order valence-electron chi connectivity index (χ3n) is 6.12. The smallest absolute Gasteiger partial charge is 0.0642 e. The molecule has 1 saturated heterocycles. The molecule has 0 aromatic heterocycles. The minimum atomic E-state index is 0.613. The largest absolute Gasteiger partial charge is 0.381 e. The van der Waals surface area contributed by atoms with E-state index in [0.29, 0.717) is 22.5 Å². The predicted molar refractivity (Wildman–Crippen MR) is 110 cm³/mol.